The molecule has 0 spiro atoms. The first kappa shape index (κ1) is 16.1. The van der Waals surface area contributed by atoms with Crippen molar-refractivity contribution >= 4 is 21.4 Å². The maximum Gasteiger partial charge on any atom is 0.243 e. The van der Waals surface area contributed by atoms with Crippen LogP contribution in [-0.4, -0.2) is 29.9 Å². The van der Waals surface area contributed by atoms with E-state index in [9.17, 15) is 13.5 Å². The van der Waals surface area contributed by atoms with Crippen molar-refractivity contribution in [2.75, 3.05) is 7.05 Å². The second kappa shape index (κ2) is 6.23. The smallest absolute Gasteiger partial charge is 0.243 e. The van der Waals surface area contributed by atoms with Crippen LogP contribution in [0.1, 0.15) is 21.8 Å². The predicted octanol–water partition coefficient (Wildman–Crippen LogP) is 2.07. The van der Waals surface area contributed by atoms with Gasteiger partial charge in [0.2, 0.25) is 10.0 Å². The van der Waals surface area contributed by atoms with Crippen LogP contribution < -0.4 is 0 Å². The van der Waals surface area contributed by atoms with Gasteiger partial charge in [-0.2, -0.15) is 4.31 Å². The van der Waals surface area contributed by atoms with Crippen molar-refractivity contribution < 1.29 is 13.5 Å². The van der Waals surface area contributed by atoms with Gasteiger partial charge in [-0.3, -0.25) is 0 Å². The number of aliphatic hydroxyl groups is 1. The van der Waals surface area contributed by atoms with Gasteiger partial charge in [0, 0.05) is 12.4 Å². The highest BCUT2D eigenvalue weighted by Crippen LogP contribution is 2.23. The Morgan fingerprint density at radius 3 is 2.62 bits per heavy atom. The number of aromatic nitrogens is 1. The summed E-state index contributed by atoms with van der Waals surface area (Å²) in [6.45, 7) is 3.65. The average molecular weight is 326 g/mol. The molecule has 1 N–H and O–H groups in total. The molecule has 0 saturated heterocycles. The first-order valence-corrected chi connectivity index (χ1v) is 8.75. The van der Waals surface area contributed by atoms with Gasteiger partial charge in [-0.25, -0.2) is 13.4 Å². The minimum absolute atomic E-state index is 0.176. The number of aryl methyl sites for hydroxylation is 1. The Labute approximate surface area is 128 Å². The number of rotatable bonds is 5. The SMILES string of the molecule is Cc1nc(CN(C)S(=O)(=O)c2cccc(CO)c2C)cs1. The summed E-state index contributed by atoms with van der Waals surface area (Å²) in [6.07, 6.45) is 0. The molecule has 1 heterocycles. The van der Waals surface area contributed by atoms with Crippen LogP contribution in [-0.2, 0) is 23.2 Å². The van der Waals surface area contributed by atoms with E-state index < -0.39 is 10.0 Å². The standard InChI is InChI=1S/C14H18N2O3S2/c1-10-12(8-17)5-4-6-14(10)21(18,19)16(3)7-13-9-20-11(2)15-13/h4-6,9,17H,7-8H2,1-3H3. The van der Waals surface area contributed by atoms with E-state index in [0.717, 1.165) is 10.7 Å². The molecule has 1 aromatic heterocycles. The van der Waals surface area contributed by atoms with Gasteiger partial charge in [0.25, 0.3) is 0 Å². The summed E-state index contributed by atoms with van der Waals surface area (Å²) in [4.78, 5) is 4.51. The Bertz CT molecular complexity index is 738. The minimum Gasteiger partial charge on any atom is -0.392 e. The molecule has 0 radical (unpaired) electrons. The lowest BCUT2D eigenvalue weighted by molar-refractivity contribution is 0.280. The Kier molecular flexibility index (Phi) is 4.77. The maximum absolute atomic E-state index is 12.7. The molecule has 0 aliphatic carbocycles. The molecule has 2 rings (SSSR count). The highest BCUT2D eigenvalue weighted by Gasteiger charge is 2.24. The summed E-state index contributed by atoms with van der Waals surface area (Å²) in [7, 11) is -2.07. The number of thiazole rings is 1. The van der Waals surface area contributed by atoms with Crippen LogP contribution in [0.2, 0.25) is 0 Å². The number of nitrogens with zero attached hydrogens (tertiary/aromatic N) is 2. The monoisotopic (exact) mass is 326 g/mol. The van der Waals surface area contributed by atoms with E-state index in [2.05, 4.69) is 4.98 Å². The van der Waals surface area contributed by atoms with Gasteiger partial charge >= 0.3 is 0 Å². The molecular weight excluding hydrogens is 308 g/mol. The number of hydrogen-bond donors (Lipinski definition) is 1. The maximum atomic E-state index is 12.7. The Hall–Kier alpha value is -1.28. The van der Waals surface area contributed by atoms with Gasteiger partial charge in [-0.15, -0.1) is 11.3 Å². The molecule has 0 unspecified atom stereocenters. The fourth-order valence-electron chi connectivity index (χ4n) is 2.07. The van der Waals surface area contributed by atoms with E-state index in [1.165, 1.54) is 22.7 Å². The largest absolute Gasteiger partial charge is 0.392 e. The third-order valence-corrected chi connectivity index (χ3v) is 6.08. The zero-order valence-corrected chi connectivity index (χ0v) is 13.8. The van der Waals surface area contributed by atoms with Crippen LogP contribution in [0, 0.1) is 13.8 Å². The second-order valence-electron chi connectivity index (χ2n) is 4.82. The Morgan fingerprint density at radius 2 is 2.05 bits per heavy atom. The lowest BCUT2D eigenvalue weighted by Crippen LogP contribution is -2.27. The van der Waals surface area contributed by atoms with Crippen molar-refractivity contribution in [1.29, 1.82) is 0 Å². The molecular formula is C14H18N2O3S2. The Balaban J connectivity index is 2.33. The van der Waals surface area contributed by atoms with Crippen LogP contribution in [0.3, 0.4) is 0 Å². The molecule has 5 nitrogen and oxygen atoms in total. The zero-order valence-electron chi connectivity index (χ0n) is 12.2. The summed E-state index contributed by atoms with van der Waals surface area (Å²) in [5.74, 6) is 0. The van der Waals surface area contributed by atoms with Crippen molar-refractivity contribution in [3.63, 3.8) is 0 Å². The third-order valence-electron chi connectivity index (χ3n) is 3.31. The van der Waals surface area contributed by atoms with Gasteiger partial charge < -0.3 is 5.11 Å². The number of hydrogen-bond acceptors (Lipinski definition) is 5. The van der Waals surface area contributed by atoms with E-state index in [4.69, 9.17) is 0 Å². The molecule has 21 heavy (non-hydrogen) atoms. The van der Waals surface area contributed by atoms with Gasteiger partial charge in [-0.05, 0) is 31.0 Å². The molecule has 2 aromatic rings. The first-order chi connectivity index (χ1) is 9.86. The van der Waals surface area contributed by atoms with E-state index in [1.54, 1.807) is 25.1 Å². The summed E-state index contributed by atoms with van der Waals surface area (Å²) in [5, 5.41) is 12.0. The topological polar surface area (TPSA) is 70.5 Å². The summed E-state index contributed by atoms with van der Waals surface area (Å²) in [6, 6.07) is 4.93. The fraction of sp³-hybridized carbons (Fsp3) is 0.357. The van der Waals surface area contributed by atoms with E-state index in [0.29, 0.717) is 11.1 Å². The molecule has 0 saturated carbocycles. The number of benzene rings is 1. The first-order valence-electron chi connectivity index (χ1n) is 6.43. The Morgan fingerprint density at radius 1 is 1.33 bits per heavy atom. The molecule has 0 aliphatic rings. The van der Waals surface area contributed by atoms with E-state index in [-0.39, 0.29) is 18.0 Å². The van der Waals surface area contributed by atoms with Gasteiger partial charge in [0.05, 0.1) is 28.7 Å². The van der Waals surface area contributed by atoms with Crippen LogP contribution >= 0.6 is 11.3 Å². The fourth-order valence-corrected chi connectivity index (χ4v) is 4.08. The quantitative estimate of drug-likeness (QED) is 0.913. The van der Waals surface area contributed by atoms with Crippen LogP contribution in [0.5, 0.6) is 0 Å². The lowest BCUT2D eigenvalue weighted by Gasteiger charge is -2.18. The van der Waals surface area contributed by atoms with E-state index >= 15 is 0 Å². The molecule has 0 bridgehead atoms. The average Bonchev–Trinajstić information content (AvgIpc) is 2.84. The molecule has 0 fully saturated rings. The van der Waals surface area contributed by atoms with Crippen molar-refractivity contribution in [3.05, 3.63) is 45.4 Å². The molecule has 0 atom stereocenters. The third kappa shape index (κ3) is 3.32. The van der Waals surface area contributed by atoms with Crippen molar-refractivity contribution in [3.8, 4) is 0 Å². The van der Waals surface area contributed by atoms with Crippen LogP contribution in [0.4, 0.5) is 0 Å². The van der Waals surface area contributed by atoms with Gasteiger partial charge in [0.1, 0.15) is 0 Å². The van der Waals surface area contributed by atoms with Crippen molar-refractivity contribution in [2.45, 2.75) is 31.9 Å². The van der Waals surface area contributed by atoms with E-state index in [1.807, 2.05) is 12.3 Å². The zero-order chi connectivity index (χ0) is 15.6. The molecule has 7 heteroatoms. The summed E-state index contributed by atoms with van der Waals surface area (Å²) >= 11 is 1.50. The summed E-state index contributed by atoms with van der Waals surface area (Å²) in [5.41, 5.74) is 1.94. The van der Waals surface area contributed by atoms with Gasteiger partial charge in [0.15, 0.2) is 0 Å². The van der Waals surface area contributed by atoms with Crippen molar-refractivity contribution in [2.24, 2.45) is 0 Å². The lowest BCUT2D eigenvalue weighted by atomic mass is 10.1. The molecule has 1 aromatic carbocycles. The summed E-state index contributed by atoms with van der Waals surface area (Å²) < 4.78 is 26.6. The highest BCUT2D eigenvalue weighted by atomic mass is 32.2. The van der Waals surface area contributed by atoms with Gasteiger partial charge in [-0.1, -0.05) is 12.1 Å². The normalized spacial score (nSPS) is 12.0. The molecule has 0 aliphatic heterocycles. The molecule has 114 valence electrons. The number of aliphatic hydroxyl groups excluding tert-OH is 1. The highest BCUT2D eigenvalue weighted by molar-refractivity contribution is 7.89. The predicted molar refractivity (Wildman–Crippen MR) is 82.6 cm³/mol. The van der Waals surface area contributed by atoms with Crippen LogP contribution in [0.15, 0.2) is 28.5 Å². The van der Waals surface area contributed by atoms with Crippen LogP contribution in [0.25, 0.3) is 0 Å². The van der Waals surface area contributed by atoms with Crippen molar-refractivity contribution in [1.82, 2.24) is 9.29 Å². The molecule has 0 amide bonds. The minimum atomic E-state index is -3.60. The second-order valence-corrected chi connectivity index (χ2v) is 7.89. The number of sulfonamides is 1.